The van der Waals surface area contributed by atoms with Crippen molar-refractivity contribution < 1.29 is 15.3 Å². The van der Waals surface area contributed by atoms with E-state index in [0.717, 1.165) is 0 Å². The second kappa shape index (κ2) is 2.84. The molecule has 10 heavy (non-hydrogen) atoms. The van der Waals surface area contributed by atoms with Gasteiger partial charge in [-0.2, -0.15) is 0 Å². The Morgan fingerprint density at radius 1 is 1.30 bits per heavy atom. The van der Waals surface area contributed by atoms with E-state index in [9.17, 15) is 0 Å². The first kappa shape index (κ1) is 7.94. The van der Waals surface area contributed by atoms with Crippen LogP contribution in [0.25, 0.3) is 0 Å². The van der Waals surface area contributed by atoms with Gasteiger partial charge in [0.15, 0.2) is 0 Å². The van der Waals surface area contributed by atoms with E-state index >= 15 is 0 Å². The molecule has 60 valence electrons. The molecule has 0 aromatic heterocycles. The van der Waals surface area contributed by atoms with Crippen LogP contribution in [0.4, 0.5) is 0 Å². The highest BCUT2D eigenvalue weighted by Crippen LogP contribution is 2.24. The Hall–Kier alpha value is -0.160. The zero-order chi connectivity index (χ0) is 7.72. The van der Waals surface area contributed by atoms with Crippen molar-refractivity contribution in [2.45, 2.75) is 24.7 Å². The maximum Gasteiger partial charge on any atom is 0.0953 e. The van der Waals surface area contributed by atoms with Gasteiger partial charge in [-0.25, -0.2) is 0 Å². The molecule has 1 saturated carbocycles. The van der Waals surface area contributed by atoms with Crippen LogP contribution in [0.5, 0.6) is 0 Å². The molecule has 4 heteroatoms. The third-order valence-corrected chi connectivity index (χ3v) is 2.08. The molecular formula is C6H13NO3. The molecule has 0 saturated heterocycles. The Balaban J connectivity index is 2.53. The fourth-order valence-corrected chi connectivity index (χ4v) is 1.34. The summed E-state index contributed by atoms with van der Waals surface area (Å²) in [6.07, 6.45) is -1.21. The molecule has 0 unspecified atom stereocenters. The molecule has 1 aliphatic carbocycles. The maximum absolute atomic E-state index is 9.14. The van der Waals surface area contributed by atoms with Crippen molar-refractivity contribution in [3.05, 3.63) is 0 Å². The minimum absolute atomic E-state index is 0.105. The van der Waals surface area contributed by atoms with E-state index in [1.807, 2.05) is 0 Å². The molecule has 1 fully saturated rings. The third-order valence-electron chi connectivity index (χ3n) is 2.08. The van der Waals surface area contributed by atoms with Crippen molar-refractivity contribution >= 4 is 0 Å². The summed E-state index contributed by atoms with van der Waals surface area (Å²) in [5, 5.41) is 26.9. The number of aliphatic hydroxyl groups is 3. The van der Waals surface area contributed by atoms with Crippen molar-refractivity contribution in [2.75, 3.05) is 6.61 Å². The minimum Gasteiger partial charge on any atom is -0.396 e. The first-order chi connectivity index (χ1) is 4.66. The number of hydrogen-bond donors (Lipinski definition) is 4. The smallest absolute Gasteiger partial charge is 0.0953 e. The van der Waals surface area contributed by atoms with Crippen LogP contribution in [-0.4, -0.2) is 40.2 Å². The van der Waals surface area contributed by atoms with Gasteiger partial charge in [-0.05, 0) is 6.42 Å². The van der Waals surface area contributed by atoms with Gasteiger partial charge in [0.25, 0.3) is 0 Å². The molecule has 1 aliphatic rings. The van der Waals surface area contributed by atoms with Gasteiger partial charge in [-0.1, -0.05) is 0 Å². The van der Waals surface area contributed by atoms with Crippen LogP contribution in [0.1, 0.15) is 6.42 Å². The molecule has 0 aromatic rings. The Kier molecular flexibility index (Phi) is 2.25. The summed E-state index contributed by atoms with van der Waals surface area (Å²) in [6, 6.07) is -0.382. The molecule has 4 atom stereocenters. The molecule has 0 heterocycles. The first-order valence-corrected chi connectivity index (χ1v) is 3.39. The van der Waals surface area contributed by atoms with Gasteiger partial charge in [0.1, 0.15) is 0 Å². The Morgan fingerprint density at radius 3 is 2.10 bits per heavy atom. The zero-order valence-corrected chi connectivity index (χ0v) is 5.64. The van der Waals surface area contributed by atoms with Gasteiger partial charge in [-0.15, -0.1) is 0 Å². The lowest BCUT2D eigenvalue weighted by molar-refractivity contribution is 0.00300. The van der Waals surface area contributed by atoms with Crippen LogP contribution in [0.3, 0.4) is 0 Å². The van der Waals surface area contributed by atoms with Crippen LogP contribution in [0.2, 0.25) is 0 Å². The normalized spacial score (nSPS) is 48.0. The van der Waals surface area contributed by atoms with Crippen LogP contribution in [0, 0.1) is 5.92 Å². The zero-order valence-electron chi connectivity index (χ0n) is 5.64. The van der Waals surface area contributed by atoms with Gasteiger partial charge in [0, 0.05) is 18.6 Å². The van der Waals surface area contributed by atoms with Gasteiger partial charge in [-0.3, -0.25) is 0 Å². The SMILES string of the molecule is N[C@@H]1C[C@H](CO)[C@@H](O)[C@@H]1O. The summed E-state index contributed by atoms with van der Waals surface area (Å²) in [5.74, 6) is -0.245. The highest BCUT2D eigenvalue weighted by Gasteiger charge is 2.38. The summed E-state index contributed by atoms with van der Waals surface area (Å²) in [5.41, 5.74) is 5.41. The second-order valence-electron chi connectivity index (χ2n) is 2.82. The van der Waals surface area contributed by atoms with Crippen molar-refractivity contribution in [1.82, 2.24) is 0 Å². The Morgan fingerprint density at radius 2 is 1.90 bits per heavy atom. The predicted octanol–water partition coefficient (Wildman–Crippen LogP) is -1.95. The summed E-state index contributed by atoms with van der Waals surface area (Å²) in [6.45, 7) is -0.105. The van der Waals surface area contributed by atoms with Gasteiger partial charge >= 0.3 is 0 Å². The molecular weight excluding hydrogens is 134 g/mol. The van der Waals surface area contributed by atoms with E-state index in [-0.39, 0.29) is 18.6 Å². The van der Waals surface area contributed by atoms with Gasteiger partial charge in [0.2, 0.25) is 0 Å². The topological polar surface area (TPSA) is 86.7 Å². The Labute approximate surface area is 59.3 Å². The third kappa shape index (κ3) is 1.15. The fraction of sp³-hybridized carbons (Fsp3) is 1.00. The lowest BCUT2D eigenvalue weighted by Crippen LogP contribution is -2.35. The highest BCUT2D eigenvalue weighted by molar-refractivity contribution is 4.92. The number of rotatable bonds is 1. The van der Waals surface area contributed by atoms with Crippen LogP contribution < -0.4 is 5.73 Å². The Bertz CT molecular complexity index is 120. The van der Waals surface area contributed by atoms with E-state index in [2.05, 4.69) is 0 Å². The van der Waals surface area contributed by atoms with Crippen molar-refractivity contribution in [1.29, 1.82) is 0 Å². The maximum atomic E-state index is 9.14. The van der Waals surface area contributed by atoms with Gasteiger partial charge < -0.3 is 21.1 Å². The van der Waals surface area contributed by atoms with Crippen molar-refractivity contribution in [3.63, 3.8) is 0 Å². The standard InChI is InChI=1S/C6H13NO3/c7-4-1-3(2-8)5(9)6(4)10/h3-6,8-10H,1-2,7H2/t3-,4-,5-,6-/m1/s1. The summed E-state index contributed by atoms with van der Waals surface area (Å²) < 4.78 is 0. The fourth-order valence-electron chi connectivity index (χ4n) is 1.34. The van der Waals surface area contributed by atoms with Gasteiger partial charge in [0.05, 0.1) is 12.2 Å². The predicted molar refractivity (Wildman–Crippen MR) is 35.2 cm³/mol. The quantitative estimate of drug-likeness (QED) is 0.347. The molecule has 0 bridgehead atoms. The van der Waals surface area contributed by atoms with E-state index in [1.165, 1.54) is 0 Å². The highest BCUT2D eigenvalue weighted by atomic mass is 16.3. The molecule has 1 rings (SSSR count). The number of nitrogens with two attached hydrogens (primary N) is 1. The van der Waals surface area contributed by atoms with Crippen LogP contribution >= 0.6 is 0 Å². The summed E-state index contributed by atoms with van der Waals surface area (Å²) >= 11 is 0. The summed E-state index contributed by atoms with van der Waals surface area (Å²) in [4.78, 5) is 0. The lowest BCUT2D eigenvalue weighted by atomic mass is 10.1. The molecule has 0 radical (unpaired) electrons. The molecule has 4 nitrogen and oxygen atoms in total. The second-order valence-corrected chi connectivity index (χ2v) is 2.82. The molecule has 0 aromatic carbocycles. The molecule has 0 spiro atoms. The van der Waals surface area contributed by atoms with Crippen molar-refractivity contribution in [2.24, 2.45) is 11.7 Å². The molecule has 0 amide bonds. The monoisotopic (exact) mass is 147 g/mol. The summed E-state index contributed by atoms with van der Waals surface area (Å²) in [7, 11) is 0. The average molecular weight is 147 g/mol. The van der Waals surface area contributed by atoms with E-state index < -0.39 is 12.2 Å². The molecule has 0 aliphatic heterocycles. The lowest BCUT2D eigenvalue weighted by Gasteiger charge is -2.13. The number of hydrogen-bond acceptors (Lipinski definition) is 4. The first-order valence-electron chi connectivity index (χ1n) is 3.39. The van der Waals surface area contributed by atoms with Crippen LogP contribution in [-0.2, 0) is 0 Å². The number of aliphatic hydroxyl groups excluding tert-OH is 3. The van der Waals surface area contributed by atoms with E-state index in [1.54, 1.807) is 0 Å². The van der Waals surface area contributed by atoms with E-state index in [0.29, 0.717) is 6.42 Å². The van der Waals surface area contributed by atoms with Crippen molar-refractivity contribution in [3.8, 4) is 0 Å². The molecule has 5 N–H and O–H groups in total. The van der Waals surface area contributed by atoms with E-state index in [4.69, 9.17) is 21.1 Å². The minimum atomic E-state index is -0.864. The average Bonchev–Trinajstić information content (AvgIpc) is 2.17. The largest absolute Gasteiger partial charge is 0.396 e. The van der Waals surface area contributed by atoms with Crippen LogP contribution in [0.15, 0.2) is 0 Å².